The summed E-state index contributed by atoms with van der Waals surface area (Å²) in [5, 5.41) is 9.85. The second-order valence-electron chi connectivity index (χ2n) is 3.42. The molecule has 0 amide bonds. The van der Waals surface area contributed by atoms with Gasteiger partial charge < -0.3 is 15.8 Å². The van der Waals surface area contributed by atoms with Crippen LogP contribution in [0.5, 0.6) is 0 Å². The van der Waals surface area contributed by atoms with Gasteiger partial charge in [0.25, 0.3) is 0 Å². The first-order chi connectivity index (χ1) is 8.09. The molecule has 4 nitrogen and oxygen atoms in total. The molecule has 4 heteroatoms. The molecule has 1 aromatic heterocycles. The van der Waals surface area contributed by atoms with Crippen LogP contribution >= 0.6 is 0 Å². The van der Waals surface area contributed by atoms with Crippen molar-refractivity contribution in [2.75, 3.05) is 0 Å². The summed E-state index contributed by atoms with van der Waals surface area (Å²) in [4.78, 5) is 13.9. The fourth-order valence-corrected chi connectivity index (χ4v) is 1.60. The minimum absolute atomic E-state index is 0.131. The van der Waals surface area contributed by atoms with Crippen LogP contribution in [0.3, 0.4) is 0 Å². The number of fused-ring (bicyclic) bond motifs is 1. The number of benzene rings is 1. The van der Waals surface area contributed by atoms with Gasteiger partial charge in [-0.05, 0) is 11.6 Å². The second-order valence-corrected chi connectivity index (χ2v) is 3.42. The standard InChI is InChI=1S/C11H12N2O2/c12-9(11(14)15)5-7-6-13-10-4-2-1-3-8(7)10/h1-4,6,9,13H,5,12H2,(H,14,15)/i/hD2. The van der Waals surface area contributed by atoms with Crippen molar-refractivity contribution in [1.82, 2.24) is 4.98 Å². The highest BCUT2D eigenvalue weighted by Crippen LogP contribution is 2.18. The Hall–Kier alpha value is -1.81. The van der Waals surface area contributed by atoms with Crippen LogP contribution in [-0.4, -0.2) is 22.1 Å². The zero-order chi connectivity index (χ0) is 12.4. The van der Waals surface area contributed by atoms with Crippen molar-refractivity contribution in [1.29, 1.82) is 0 Å². The zero-order valence-electron chi connectivity index (χ0n) is 9.97. The average Bonchev–Trinajstić information content (AvgIpc) is 2.68. The third-order valence-corrected chi connectivity index (χ3v) is 2.37. The number of carboxylic acid groups (broad SMARTS) is 1. The maximum atomic E-state index is 10.9. The highest BCUT2D eigenvalue weighted by atomic mass is 16.4. The second kappa shape index (κ2) is 3.74. The number of nitrogens with one attached hydrogen (secondary N) is 1. The lowest BCUT2D eigenvalue weighted by Crippen LogP contribution is -2.32. The maximum absolute atomic E-state index is 10.9. The Morgan fingerprint density at radius 2 is 2.40 bits per heavy atom. The number of aromatic amines is 1. The van der Waals surface area contributed by atoms with Gasteiger partial charge in [0.05, 0.1) is 0 Å². The Bertz CT molecular complexity index is 539. The summed E-state index contributed by atoms with van der Waals surface area (Å²) in [5.74, 6) is -1.17. The molecule has 1 atom stereocenters. The number of aromatic nitrogens is 1. The predicted molar refractivity (Wildman–Crippen MR) is 57.6 cm³/mol. The van der Waals surface area contributed by atoms with Gasteiger partial charge in [0.2, 0.25) is 0 Å². The van der Waals surface area contributed by atoms with Crippen LogP contribution < -0.4 is 5.72 Å². The quantitative estimate of drug-likeness (QED) is 0.701. The maximum Gasteiger partial charge on any atom is 0.320 e. The number of hydrogen-bond acceptors (Lipinski definition) is 2. The Morgan fingerprint density at radius 3 is 3.13 bits per heavy atom. The zero-order valence-corrected chi connectivity index (χ0v) is 7.97. The largest absolute Gasteiger partial charge is 0.480 e. The molecule has 0 radical (unpaired) electrons. The van der Waals surface area contributed by atoms with Crippen LogP contribution in [0.15, 0.2) is 30.5 Å². The van der Waals surface area contributed by atoms with Crippen molar-refractivity contribution < 1.29 is 12.7 Å². The predicted octanol–water partition coefficient (Wildman–Crippen LogP) is 1.12. The average molecular weight is 206 g/mol. The molecule has 1 unspecified atom stereocenters. The lowest BCUT2D eigenvalue weighted by atomic mass is 10.1. The molecule has 0 aliphatic rings. The van der Waals surface area contributed by atoms with Gasteiger partial charge in [0, 0.05) is 23.5 Å². The Kier molecular flexibility index (Phi) is 1.87. The Balaban J connectivity index is 2.31. The molecule has 0 fully saturated rings. The smallest absolute Gasteiger partial charge is 0.320 e. The molecule has 0 aliphatic heterocycles. The number of aliphatic carboxylic acids is 1. The van der Waals surface area contributed by atoms with Crippen LogP contribution in [0.2, 0.25) is 2.82 Å². The summed E-state index contributed by atoms with van der Waals surface area (Å²) in [7, 11) is 0. The van der Waals surface area contributed by atoms with E-state index in [0.29, 0.717) is 0 Å². The van der Waals surface area contributed by atoms with Crippen molar-refractivity contribution in [3.8, 4) is 0 Å². The summed E-state index contributed by atoms with van der Waals surface area (Å²) < 4.78 is 14.2. The van der Waals surface area contributed by atoms with Gasteiger partial charge in [0.1, 0.15) is 8.87 Å². The summed E-state index contributed by atoms with van der Waals surface area (Å²) in [6.45, 7) is 0. The molecule has 15 heavy (non-hydrogen) atoms. The number of H-pyrrole nitrogens is 1. The topological polar surface area (TPSA) is 79.1 Å². The molecule has 0 bridgehead atoms. The Morgan fingerprint density at radius 1 is 1.60 bits per heavy atom. The molecule has 4 N–H and O–H groups in total. The number of hydrogen-bond donors (Lipinski definition) is 3. The van der Waals surface area contributed by atoms with Gasteiger partial charge in [-0.3, -0.25) is 4.79 Å². The lowest BCUT2D eigenvalue weighted by Gasteiger charge is -2.04. The summed E-state index contributed by atoms with van der Waals surface area (Å²) in [6.07, 6.45) is 1.86. The van der Waals surface area contributed by atoms with Crippen molar-refractivity contribution in [2.45, 2.75) is 12.5 Å². The molecule has 78 valence electrons. The fourth-order valence-electron chi connectivity index (χ4n) is 1.60. The first-order valence-electron chi connectivity index (χ1n) is 5.54. The van der Waals surface area contributed by atoms with E-state index in [2.05, 4.69) is 4.98 Å². The van der Waals surface area contributed by atoms with Gasteiger partial charge >= 0.3 is 5.97 Å². The molecule has 0 aliphatic carbocycles. The van der Waals surface area contributed by atoms with E-state index >= 15 is 0 Å². The molecule has 0 saturated heterocycles. The van der Waals surface area contributed by atoms with Crippen LogP contribution in [0.4, 0.5) is 0 Å². The van der Waals surface area contributed by atoms with Crippen LogP contribution in [0, 0.1) is 0 Å². The van der Waals surface area contributed by atoms with E-state index in [9.17, 15) is 4.79 Å². The molecule has 0 spiro atoms. The summed E-state index contributed by atoms with van der Waals surface area (Å²) in [5.41, 5.74) is 1.95. The van der Waals surface area contributed by atoms with Gasteiger partial charge in [-0.2, -0.15) is 0 Å². The summed E-state index contributed by atoms with van der Waals surface area (Å²) in [6, 6.07) is 6.38. The monoisotopic (exact) mass is 206 g/mol. The van der Waals surface area contributed by atoms with Crippen molar-refractivity contribution in [3.63, 3.8) is 0 Å². The van der Waals surface area contributed by atoms with Crippen molar-refractivity contribution >= 4 is 16.9 Å². The molecule has 1 heterocycles. The first kappa shape index (κ1) is 7.48. The first-order valence-corrected chi connectivity index (χ1v) is 4.64. The van der Waals surface area contributed by atoms with Gasteiger partial charge in [0.15, 0.2) is 0 Å². The lowest BCUT2D eigenvalue weighted by molar-refractivity contribution is -0.138. The van der Waals surface area contributed by atoms with Crippen LogP contribution in [0.25, 0.3) is 10.9 Å². The molecule has 1 aromatic carbocycles. The number of nitrogens with two attached hydrogens (primary N) is 1. The van der Waals surface area contributed by atoms with Crippen molar-refractivity contribution in [2.24, 2.45) is 5.72 Å². The van der Waals surface area contributed by atoms with Gasteiger partial charge in [-0.1, -0.05) is 18.2 Å². The highest BCUT2D eigenvalue weighted by Gasteiger charge is 2.14. The molecule has 0 saturated carbocycles. The van der Waals surface area contributed by atoms with Crippen molar-refractivity contribution in [3.05, 3.63) is 36.0 Å². The molecular formula is C11H12N2O2. The third-order valence-electron chi connectivity index (χ3n) is 2.37. The van der Waals surface area contributed by atoms with E-state index < -0.39 is 12.0 Å². The summed E-state index contributed by atoms with van der Waals surface area (Å²) >= 11 is 0. The molecule has 2 aromatic rings. The molecular weight excluding hydrogens is 192 g/mol. The number of para-hydroxylation sites is 1. The number of rotatable bonds is 4. The SMILES string of the molecule is [2H]N([2H])C(Cc1c[nH]c2ccccc12)C(=O)O. The van der Waals surface area contributed by atoms with E-state index in [1.54, 1.807) is 6.20 Å². The number of carboxylic acids is 1. The third kappa shape index (κ3) is 1.85. The minimum atomic E-state index is -1.17. The number of carbonyl (C=O) groups is 1. The van der Waals surface area contributed by atoms with E-state index in [4.69, 9.17) is 7.93 Å². The van der Waals surface area contributed by atoms with Crippen LogP contribution in [-0.2, 0) is 11.2 Å². The van der Waals surface area contributed by atoms with E-state index in [1.807, 2.05) is 24.3 Å². The van der Waals surface area contributed by atoms with Crippen LogP contribution in [0.1, 0.15) is 5.56 Å². The fraction of sp³-hybridized carbons (Fsp3) is 0.182. The molecule has 2 rings (SSSR count). The normalized spacial score (nSPS) is 15.0. The highest BCUT2D eigenvalue weighted by molar-refractivity contribution is 5.84. The minimum Gasteiger partial charge on any atom is -0.480 e. The van der Waals surface area contributed by atoms with E-state index in [0.717, 1.165) is 16.5 Å². The van der Waals surface area contributed by atoms with E-state index in [-0.39, 0.29) is 12.1 Å². The van der Waals surface area contributed by atoms with Gasteiger partial charge in [-0.15, -0.1) is 0 Å². The Labute approximate surface area is 89.6 Å². The van der Waals surface area contributed by atoms with Gasteiger partial charge in [-0.25, -0.2) is 0 Å². The van der Waals surface area contributed by atoms with E-state index in [1.165, 1.54) is 0 Å².